The van der Waals surface area contributed by atoms with Crippen molar-refractivity contribution in [3.63, 3.8) is 0 Å². The molecule has 5 nitrogen and oxygen atoms in total. The van der Waals surface area contributed by atoms with Crippen molar-refractivity contribution in [3.8, 4) is 0 Å². The van der Waals surface area contributed by atoms with Crippen LogP contribution >= 0.6 is 0 Å². The van der Waals surface area contributed by atoms with Gasteiger partial charge in [0.1, 0.15) is 0 Å². The highest BCUT2D eigenvalue weighted by molar-refractivity contribution is 5.76. The van der Waals surface area contributed by atoms with Crippen LogP contribution in [0.2, 0.25) is 0 Å². The molecule has 0 aliphatic carbocycles. The van der Waals surface area contributed by atoms with Gasteiger partial charge in [0.15, 0.2) is 0 Å². The average Bonchev–Trinajstić information content (AvgIpc) is 2.26. The summed E-state index contributed by atoms with van der Waals surface area (Å²) in [5, 5.41) is 11.5. The fourth-order valence-electron chi connectivity index (χ4n) is 1.58. The minimum absolute atomic E-state index is 0.0157. The van der Waals surface area contributed by atoms with E-state index in [-0.39, 0.29) is 23.7 Å². The lowest BCUT2D eigenvalue weighted by Crippen LogP contribution is -2.30. The largest absolute Gasteiger partial charge is 0.481 e. The number of nitrogens with two attached hydrogens (primary N) is 1. The molecule has 1 unspecified atom stereocenters. The van der Waals surface area contributed by atoms with Gasteiger partial charge in [-0.3, -0.25) is 9.59 Å². The van der Waals surface area contributed by atoms with Gasteiger partial charge in [0.25, 0.3) is 0 Å². The molecule has 0 bridgehead atoms. The Labute approximate surface area is 109 Å². The van der Waals surface area contributed by atoms with Gasteiger partial charge in [-0.25, -0.2) is 0 Å². The fraction of sp³-hybridized carbons (Fsp3) is 0.846. The summed E-state index contributed by atoms with van der Waals surface area (Å²) < 4.78 is 0. The minimum Gasteiger partial charge on any atom is -0.481 e. The summed E-state index contributed by atoms with van der Waals surface area (Å²) in [6.07, 6.45) is 2.03. The molecule has 1 atom stereocenters. The fourth-order valence-corrected chi connectivity index (χ4v) is 1.58. The van der Waals surface area contributed by atoms with Crippen LogP contribution in [0.15, 0.2) is 0 Å². The number of nitrogens with one attached hydrogen (secondary N) is 1. The van der Waals surface area contributed by atoms with Gasteiger partial charge in [-0.1, -0.05) is 20.8 Å². The first-order valence-corrected chi connectivity index (χ1v) is 6.45. The molecule has 18 heavy (non-hydrogen) atoms. The van der Waals surface area contributed by atoms with Crippen LogP contribution < -0.4 is 11.1 Å². The van der Waals surface area contributed by atoms with E-state index in [0.29, 0.717) is 25.9 Å². The van der Waals surface area contributed by atoms with Crippen molar-refractivity contribution >= 4 is 11.9 Å². The molecule has 0 aromatic rings. The molecule has 0 aromatic carbocycles. The van der Waals surface area contributed by atoms with Crippen molar-refractivity contribution in [2.75, 3.05) is 13.1 Å². The molecule has 106 valence electrons. The Kier molecular flexibility index (Phi) is 7.59. The summed E-state index contributed by atoms with van der Waals surface area (Å²) in [6.45, 7) is 7.08. The van der Waals surface area contributed by atoms with E-state index in [0.717, 1.165) is 6.42 Å². The molecule has 4 N–H and O–H groups in total. The van der Waals surface area contributed by atoms with E-state index in [1.54, 1.807) is 0 Å². The molecule has 0 saturated carbocycles. The van der Waals surface area contributed by atoms with Crippen LogP contribution in [-0.4, -0.2) is 30.1 Å². The summed E-state index contributed by atoms with van der Waals surface area (Å²) in [5.41, 5.74) is 5.39. The van der Waals surface area contributed by atoms with Crippen molar-refractivity contribution in [1.29, 1.82) is 0 Å². The van der Waals surface area contributed by atoms with Gasteiger partial charge in [0.05, 0.1) is 0 Å². The second-order valence-corrected chi connectivity index (χ2v) is 5.70. The van der Waals surface area contributed by atoms with E-state index in [9.17, 15) is 9.59 Å². The van der Waals surface area contributed by atoms with Crippen molar-refractivity contribution in [2.45, 2.75) is 46.5 Å². The SMILES string of the molecule is CC(CN)CC(=O)NCCC(C)(C)CCC(=O)O. The third kappa shape index (κ3) is 8.98. The Hall–Kier alpha value is -1.10. The number of carbonyl (C=O) groups is 2. The van der Waals surface area contributed by atoms with E-state index in [4.69, 9.17) is 10.8 Å². The molecule has 0 heterocycles. The second-order valence-electron chi connectivity index (χ2n) is 5.70. The summed E-state index contributed by atoms with van der Waals surface area (Å²) in [4.78, 5) is 22.0. The lowest BCUT2D eigenvalue weighted by atomic mass is 9.84. The van der Waals surface area contributed by atoms with Gasteiger partial charge in [-0.15, -0.1) is 0 Å². The molecule has 5 heteroatoms. The van der Waals surface area contributed by atoms with Gasteiger partial charge < -0.3 is 16.2 Å². The highest BCUT2D eigenvalue weighted by Crippen LogP contribution is 2.25. The lowest BCUT2D eigenvalue weighted by molar-refractivity contribution is -0.137. The maximum atomic E-state index is 11.5. The molecule has 0 fully saturated rings. The molecule has 0 aliphatic heterocycles. The van der Waals surface area contributed by atoms with Crippen molar-refractivity contribution in [1.82, 2.24) is 5.32 Å². The Balaban J connectivity index is 3.81. The van der Waals surface area contributed by atoms with Gasteiger partial charge in [-0.05, 0) is 30.7 Å². The van der Waals surface area contributed by atoms with Crippen LogP contribution in [0.3, 0.4) is 0 Å². The van der Waals surface area contributed by atoms with Crippen molar-refractivity contribution in [2.24, 2.45) is 17.1 Å². The number of carboxylic acids is 1. The summed E-state index contributed by atoms with van der Waals surface area (Å²) in [6, 6.07) is 0. The van der Waals surface area contributed by atoms with Crippen LogP contribution in [-0.2, 0) is 9.59 Å². The van der Waals surface area contributed by atoms with Crippen LogP contribution in [0.5, 0.6) is 0 Å². The zero-order chi connectivity index (χ0) is 14.2. The molecule has 0 spiro atoms. The van der Waals surface area contributed by atoms with Crippen LogP contribution in [0, 0.1) is 11.3 Å². The smallest absolute Gasteiger partial charge is 0.303 e. The van der Waals surface area contributed by atoms with Crippen molar-refractivity contribution < 1.29 is 14.7 Å². The molecule has 0 aliphatic rings. The maximum absolute atomic E-state index is 11.5. The van der Waals surface area contributed by atoms with E-state index < -0.39 is 5.97 Å². The number of hydrogen-bond donors (Lipinski definition) is 3. The Morgan fingerprint density at radius 2 is 1.94 bits per heavy atom. The van der Waals surface area contributed by atoms with Gasteiger partial charge in [-0.2, -0.15) is 0 Å². The number of hydrogen-bond acceptors (Lipinski definition) is 3. The molecule has 0 radical (unpaired) electrons. The van der Waals surface area contributed by atoms with E-state index in [1.165, 1.54) is 0 Å². The summed E-state index contributed by atoms with van der Waals surface area (Å²) in [5.74, 6) is -0.559. The highest BCUT2D eigenvalue weighted by atomic mass is 16.4. The van der Waals surface area contributed by atoms with Crippen LogP contribution in [0.4, 0.5) is 0 Å². The van der Waals surface area contributed by atoms with E-state index >= 15 is 0 Å². The lowest BCUT2D eigenvalue weighted by Gasteiger charge is -2.24. The third-order valence-electron chi connectivity index (χ3n) is 3.08. The third-order valence-corrected chi connectivity index (χ3v) is 3.08. The second kappa shape index (κ2) is 8.08. The number of carbonyl (C=O) groups excluding carboxylic acids is 1. The van der Waals surface area contributed by atoms with E-state index in [2.05, 4.69) is 5.32 Å². The molecule has 1 amide bonds. The molecular weight excluding hydrogens is 232 g/mol. The standard InChI is InChI=1S/C13H26N2O3/c1-10(9-14)8-11(16)15-7-6-13(2,3)5-4-12(17)18/h10H,4-9,14H2,1-3H3,(H,15,16)(H,17,18). The quantitative estimate of drug-likeness (QED) is 0.582. The molecule has 0 saturated heterocycles. The first-order chi connectivity index (χ1) is 8.26. The first kappa shape index (κ1) is 16.9. The highest BCUT2D eigenvalue weighted by Gasteiger charge is 2.19. The van der Waals surface area contributed by atoms with Gasteiger partial charge >= 0.3 is 5.97 Å². The number of rotatable bonds is 9. The Bertz CT molecular complexity index is 277. The normalized spacial score (nSPS) is 13.1. The predicted octanol–water partition coefficient (Wildman–Crippen LogP) is 1.37. The van der Waals surface area contributed by atoms with Crippen molar-refractivity contribution in [3.05, 3.63) is 0 Å². The first-order valence-electron chi connectivity index (χ1n) is 6.45. The Morgan fingerprint density at radius 1 is 1.33 bits per heavy atom. The molecule has 0 rings (SSSR count). The van der Waals surface area contributed by atoms with Crippen LogP contribution in [0.1, 0.15) is 46.5 Å². The Morgan fingerprint density at radius 3 is 2.44 bits per heavy atom. The summed E-state index contributed by atoms with van der Waals surface area (Å²) in [7, 11) is 0. The number of aliphatic carboxylic acids is 1. The maximum Gasteiger partial charge on any atom is 0.303 e. The zero-order valence-corrected chi connectivity index (χ0v) is 11.7. The van der Waals surface area contributed by atoms with Crippen LogP contribution in [0.25, 0.3) is 0 Å². The van der Waals surface area contributed by atoms with Gasteiger partial charge in [0, 0.05) is 19.4 Å². The minimum atomic E-state index is -0.774. The molecular formula is C13H26N2O3. The van der Waals surface area contributed by atoms with Gasteiger partial charge in [0.2, 0.25) is 5.91 Å². The number of carboxylic acid groups (broad SMARTS) is 1. The average molecular weight is 258 g/mol. The summed E-state index contributed by atoms with van der Waals surface area (Å²) >= 11 is 0. The topological polar surface area (TPSA) is 92.4 Å². The molecule has 0 aromatic heterocycles. The van der Waals surface area contributed by atoms with E-state index in [1.807, 2.05) is 20.8 Å². The number of amides is 1. The monoisotopic (exact) mass is 258 g/mol. The zero-order valence-electron chi connectivity index (χ0n) is 11.7. The predicted molar refractivity (Wildman–Crippen MR) is 71.1 cm³/mol.